The second kappa shape index (κ2) is 8.80. The van der Waals surface area contributed by atoms with Crippen molar-refractivity contribution in [2.45, 2.75) is 26.4 Å². The number of fused-ring (bicyclic) bond motifs is 1. The van der Waals surface area contributed by atoms with Gasteiger partial charge in [0.25, 0.3) is 5.91 Å². The molecule has 0 saturated carbocycles. The molecule has 4 aromatic rings. The molecular formula is C25H23N3O3S. The number of carbonyl (C=O) groups is 2. The fourth-order valence-electron chi connectivity index (χ4n) is 3.21. The molecule has 0 atom stereocenters. The van der Waals surface area contributed by atoms with E-state index in [4.69, 9.17) is 4.74 Å². The number of thiophene rings is 1. The Hall–Kier alpha value is -3.71. The largest absolute Gasteiger partial charge is 0.444 e. The average Bonchev–Trinajstić information content (AvgIpc) is 3.23. The molecule has 32 heavy (non-hydrogen) atoms. The van der Waals surface area contributed by atoms with E-state index in [2.05, 4.69) is 15.6 Å². The van der Waals surface area contributed by atoms with Gasteiger partial charge in [-0.1, -0.05) is 24.3 Å². The minimum atomic E-state index is -0.618. The number of anilines is 2. The van der Waals surface area contributed by atoms with E-state index in [1.54, 1.807) is 74.7 Å². The van der Waals surface area contributed by atoms with E-state index in [0.29, 0.717) is 16.9 Å². The van der Waals surface area contributed by atoms with E-state index in [0.717, 1.165) is 21.3 Å². The molecule has 4 rings (SSSR count). The summed E-state index contributed by atoms with van der Waals surface area (Å²) in [7, 11) is 0. The third-order valence-corrected chi connectivity index (χ3v) is 5.55. The Morgan fingerprint density at radius 1 is 0.906 bits per heavy atom. The predicted molar refractivity (Wildman–Crippen MR) is 129 cm³/mol. The zero-order chi connectivity index (χ0) is 22.7. The lowest BCUT2D eigenvalue weighted by Crippen LogP contribution is -2.27. The van der Waals surface area contributed by atoms with Gasteiger partial charge in [-0.05, 0) is 68.1 Å². The Balaban J connectivity index is 1.50. The highest BCUT2D eigenvalue weighted by Crippen LogP contribution is 2.31. The van der Waals surface area contributed by atoms with Crippen LogP contribution in [0.2, 0.25) is 0 Å². The summed E-state index contributed by atoms with van der Waals surface area (Å²) >= 11 is 1.64. The molecule has 0 aliphatic rings. The van der Waals surface area contributed by atoms with Gasteiger partial charge in [0.05, 0.1) is 21.6 Å². The van der Waals surface area contributed by atoms with Crippen molar-refractivity contribution in [1.82, 2.24) is 4.98 Å². The van der Waals surface area contributed by atoms with Gasteiger partial charge in [0.2, 0.25) is 0 Å². The van der Waals surface area contributed by atoms with Crippen LogP contribution in [-0.4, -0.2) is 22.6 Å². The van der Waals surface area contributed by atoms with Crippen LogP contribution < -0.4 is 10.6 Å². The Morgan fingerprint density at radius 3 is 2.28 bits per heavy atom. The van der Waals surface area contributed by atoms with Gasteiger partial charge in [0.1, 0.15) is 5.60 Å². The summed E-state index contributed by atoms with van der Waals surface area (Å²) in [6.07, 6.45) is 1.21. The number of ether oxygens (including phenoxy) is 1. The number of nitrogens with one attached hydrogen (secondary N) is 2. The third kappa shape index (κ3) is 4.95. The quantitative estimate of drug-likeness (QED) is 0.373. The number of benzene rings is 2. The molecule has 7 heteroatoms. The number of hydrogen-bond donors (Lipinski definition) is 2. The van der Waals surface area contributed by atoms with Gasteiger partial charge in [-0.3, -0.25) is 15.1 Å². The normalized spacial score (nSPS) is 11.2. The molecule has 0 spiro atoms. The molecule has 162 valence electrons. The van der Waals surface area contributed by atoms with Crippen LogP contribution in [-0.2, 0) is 4.74 Å². The van der Waals surface area contributed by atoms with Crippen LogP contribution in [0.4, 0.5) is 16.2 Å². The number of rotatable bonds is 4. The van der Waals surface area contributed by atoms with Gasteiger partial charge in [0, 0.05) is 17.3 Å². The lowest BCUT2D eigenvalue weighted by atomic mass is 10.0. The number of pyridine rings is 1. The molecule has 0 radical (unpaired) electrons. The second-order valence-electron chi connectivity index (χ2n) is 8.20. The lowest BCUT2D eigenvalue weighted by Gasteiger charge is -2.20. The molecule has 2 aromatic heterocycles. The first-order chi connectivity index (χ1) is 15.3. The maximum absolute atomic E-state index is 12.8. The number of carbonyl (C=O) groups excluding carboxylic acids is 2. The van der Waals surface area contributed by atoms with Crippen LogP contribution in [0.25, 0.3) is 21.3 Å². The fourth-order valence-corrected chi connectivity index (χ4v) is 4.10. The Kier molecular flexibility index (Phi) is 5.92. The van der Waals surface area contributed by atoms with Crippen LogP contribution >= 0.6 is 11.3 Å². The molecule has 0 fully saturated rings. The molecule has 0 aliphatic carbocycles. The van der Waals surface area contributed by atoms with Crippen LogP contribution in [0.1, 0.15) is 31.1 Å². The van der Waals surface area contributed by atoms with E-state index in [9.17, 15) is 9.59 Å². The lowest BCUT2D eigenvalue weighted by molar-refractivity contribution is 0.0635. The van der Waals surface area contributed by atoms with E-state index in [1.165, 1.54) is 0 Å². The number of aromatic nitrogens is 1. The highest BCUT2D eigenvalue weighted by Gasteiger charge is 2.18. The summed E-state index contributed by atoms with van der Waals surface area (Å²) in [4.78, 5) is 29.3. The van der Waals surface area contributed by atoms with Crippen LogP contribution in [0.3, 0.4) is 0 Å². The molecule has 2 aromatic carbocycles. The number of nitrogens with zero attached hydrogens (tertiary/aromatic N) is 1. The fraction of sp³-hybridized carbons (Fsp3) is 0.160. The summed E-state index contributed by atoms with van der Waals surface area (Å²) in [5.41, 5.74) is 3.91. The molecule has 2 heterocycles. The summed E-state index contributed by atoms with van der Waals surface area (Å²) in [6, 6.07) is 18.4. The van der Waals surface area contributed by atoms with Gasteiger partial charge >= 0.3 is 6.09 Å². The molecule has 6 nitrogen and oxygen atoms in total. The van der Waals surface area contributed by atoms with Crippen molar-refractivity contribution >= 4 is 44.9 Å². The Bertz CT molecular complexity index is 1270. The predicted octanol–water partition coefficient (Wildman–Crippen LogP) is 6.56. The zero-order valence-corrected chi connectivity index (χ0v) is 18.8. The molecule has 0 bridgehead atoms. The van der Waals surface area contributed by atoms with Crippen molar-refractivity contribution in [3.63, 3.8) is 0 Å². The van der Waals surface area contributed by atoms with Gasteiger partial charge < -0.3 is 10.1 Å². The minimum Gasteiger partial charge on any atom is -0.444 e. The monoisotopic (exact) mass is 445 g/mol. The zero-order valence-electron chi connectivity index (χ0n) is 18.0. The summed E-state index contributed by atoms with van der Waals surface area (Å²) in [5, 5.41) is 7.57. The smallest absolute Gasteiger partial charge is 0.412 e. The van der Waals surface area contributed by atoms with E-state index in [1.807, 2.05) is 29.6 Å². The van der Waals surface area contributed by atoms with Crippen LogP contribution in [0, 0.1) is 0 Å². The topological polar surface area (TPSA) is 80.3 Å². The number of amides is 2. The number of para-hydroxylation sites is 2. The highest BCUT2D eigenvalue weighted by molar-refractivity contribution is 7.17. The Labute approximate surface area is 190 Å². The third-order valence-electron chi connectivity index (χ3n) is 4.61. The van der Waals surface area contributed by atoms with Crippen molar-refractivity contribution in [3.8, 4) is 11.1 Å². The average molecular weight is 446 g/mol. The summed E-state index contributed by atoms with van der Waals surface area (Å²) in [6.45, 7) is 5.37. The molecule has 2 amide bonds. The minimum absolute atomic E-state index is 0.272. The first-order valence-corrected chi connectivity index (χ1v) is 11.0. The highest BCUT2D eigenvalue weighted by atomic mass is 32.1. The van der Waals surface area contributed by atoms with Crippen molar-refractivity contribution in [3.05, 3.63) is 77.8 Å². The molecule has 0 aliphatic heterocycles. The molecule has 0 unspecified atom stereocenters. The summed E-state index contributed by atoms with van der Waals surface area (Å²) < 4.78 is 6.42. The van der Waals surface area contributed by atoms with Crippen molar-refractivity contribution in [2.24, 2.45) is 0 Å². The standard InChI is InChI=1S/C25H23N3O3S/c1-25(2,3)31-24(30)28-20-7-5-4-6-19(20)27-23(29)17-10-8-16(9-11-17)18-12-14-26-21-13-15-32-22(18)21/h4-15H,1-3H3,(H,27,29)(H,28,30). The first kappa shape index (κ1) is 21.5. The van der Waals surface area contributed by atoms with Crippen LogP contribution in [0.5, 0.6) is 0 Å². The molecular weight excluding hydrogens is 422 g/mol. The van der Waals surface area contributed by atoms with Gasteiger partial charge in [0.15, 0.2) is 0 Å². The Morgan fingerprint density at radius 2 is 1.59 bits per heavy atom. The SMILES string of the molecule is CC(C)(C)OC(=O)Nc1ccccc1NC(=O)c1ccc(-c2ccnc3ccsc23)cc1. The van der Waals surface area contributed by atoms with Gasteiger partial charge in [-0.15, -0.1) is 11.3 Å². The van der Waals surface area contributed by atoms with E-state index >= 15 is 0 Å². The second-order valence-corrected chi connectivity index (χ2v) is 9.11. The molecule has 0 saturated heterocycles. The van der Waals surface area contributed by atoms with E-state index in [-0.39, 0.29) is 5.91 Å². The van der Waals surface area contributed by atoms with E-state index < -0.39 is 11.7 Å². The van der Waals surface area contributed by atoms with Crippen molar-refractivity contribution < 1.29 is 14.3 Å². The van der Waals surface area contributed by atoms with Gasteiger partial charge in [-0.25, -0.2) is 4.79 Å². The van der Waals surface area contributed by atoms with Gasteiger partial charge in [-0.2, -0.15) is 0 Å². The van der Waals surface area contributed by atoms with Crippen molar-refractivity contribution in [1.29, 1.82) is 0 Å². The maximum atomic E-state index is 12.8. The van der Waals surface area contributed by atoms with Crippen LogP contribution in [0.15, 0.2) is 72.2 Å². The maximum Gasteiger partial charge on any atom is 0.412 e. The molecule has 2 N–H and O–H groups in total. The first-order valence-electron chi connectivity index (χ1n) is 10.1. The summed E-state index contributed by atoms with van der Waals surface area (Å²) in [5.74, 6) is -0.272. The van der Waals surface area contributed by atoms with Crippen molar-refractivity contribution in [2.75, 3.05) is 10.6 Å². The number of hydrogen-bond acceptors (Lipinski definition) is 5.